The molecule has 0 bridgehead atoms. The van der Waals surface area contributed by atoms with Gasteiger partial charge in [-0.05, 0) is 22.9 Å². The van der Waals surface area contributed by atoms with E-state index in [1.807, 2.05) is 6.92 Å². The highest BCUT2D eigenvalue weighted by atomic mass is 79.9. The van der Waals surface area contributed by atoms with E-state index < -0.39 is 0 Å². The summed E-state index contributed by atoms with van der Waals surface area (Å²) in [4.78, 5) is 4.14. The Morgan fingerprint density at radius 3 is 2.56 bits per heavy atom. The number of aryl methyl sites for hydroxylation is 1. The second-order valence-corrected chi connectivity index (χ2v) is 4.19. The van der Waals surface area contributed by atoms with Crippen LogP contribution in [0.1, 0.15) is 5.69 Å². The second kappa shape index (κ2) is 2.98. The van der Waals surface area contributed by atoms with Crippen LogP contribution in [0.2, 0.25) is 0 Å². The first-order valence-electron chi connectivity index (χ1n) is 2.23. The zero-order valence-electron chi connectivity index (χ0n) is 4.61. The third-order valence-corrected chi connectivity index (χ3v) is 3.38. The number of hydrogen-bond donors (Lipinski definition) is 1. The lowest BCUT2D eigenvalue weighted by Crippen LogP contribution is -1.75. The third-order valence-electron chi connectivity index (χ3n) is 0.821. The Morgan fingerprint density at radius 1 is 1.67 bits per heavy atom. The van der Waals surface area contributed by atoms with E-state index in [-0.39, 0.29) is 0 Å². The Hall–Kier alpha value is 0.390. The molecule has 1 N–H and O–H groups in total. The molecule has 0 saturated heterocycles. The van der Waals surface area contributed by atoms with Gasteiger partial charge in [0, 0.05) is 16.1 Å². The maximum atomic E-state index is 4.14. The predicted molar refractivity (Wildman–Crippen MR) is 47.1 cm³/mol. The summed E-state index contributed by atoms with van der Waals surface area (Å²) in [5.41, 5.74) is 1.02. The molecule has 0 radical (unpaired) electrons. The van der Waals surface area contributed by atoms with E-state index in [0.717, 1.165) is 14.6 Å². The van der Waals surface area contributed by atoms with Gasteiger partial charge in [-0.2, -0.15) is 0 Å². The summed E-state index contributed by atoms with van der Waals surface area (Å²) in [5.74, 6) is 0. The van der Waals surface area contributed by atoms with Gasteiger partial charge in [-0.3, -0.25) is 4.34 Å². The highest BCUT2D eigenvalue weighted by Gasteiger charge is 2.01. The number of aromatic nitrogens is 1. The van der Waals surface area contributed by atoms with Gasteiger partial charge in [-0.25, -0.2) is 4.98 Å². The second-order valence-electron chi connectivity index (χ2n) is 1.47. The van der Waals surface area contributed by atoms with Crippen molar-refractivity contribution in [2.75, 3.05) is 4.34 Å². The molecule has 0 aliphatic rings. The lowest BCUT2D eigenvalue weighted by Gasteiger charge is -1.82. The lowest BCUT2D eigenvalue weighted by atomic mass is 10.6. The van der Waals surface area contributed by atoms with Gasteiger partial charge in [-0.15, -0.1) is 0 Å². The van der Waals surface area contributed by atoms with Crippen molar-refractivity contribution in [1.29, 1.82) is 0 Å². The van der Waals surface area contributed by atoms with E-state index in [2.05, 4.69) is 41.4 Å². The standard InChI is InChI=1S/C4H4Br2N2S/c1-2-3(5)9-4(7-2)8-6/h1H3,(H,7,8). The van der Waals surface area contributed by atoms with Crippen LogP contribution in [-0.4, -0.2) is 4.98 Å². The molecule has 1 heterocycles. The zero-order valence-corrected chi connectivity index (χ0v) is 8.60. The highest BCUT2D eigenvalue weighted by Crippen LogP contribution is 2.27. The summed E-state index contributed by atoms with van der Waals surface area (Å²) >= 11 is 8.00. The molecule has 0 aliphatic heterocycles. The van der Waals surface area contributed by atoms with Crippen LogP contribution in [0.4, 0.5) is 5.13 Å². The molecule has 9 heavy (non-hydrogen) atoms. The van der Waals surface area contributed by atoms with E-state index in [4.69, 9.17) is 0 Å². The Balaban J connectivity index is 2.98. The van der Waals surface area contributed by atoms with Crippen molar-refractivity contribution in [2.45, 2.75) is 6.92 Å². The maximum Gasteiger partial charge on any atom is 0.194 e. The van der Waals surface area contributed by atoms with E-state index in [9.17, 15) is 0 Å². The van der Waals surface area contributed by atoms with Crippen molar-refractivity contribution < 1.29 is 0 Å². The number of anilines is 1. The molecular formula is C4H4Br2N2S. The first-order valence-corrected chi connectivity index (χ1v) is 4.64. The molecule has 1 aromatic rings. The van der Waals surface area contributed by atoms with E-state index in [1.54, 1.807) is 11.3 Å². The van der Waals surface area contributed by atoms with Gasteiger partial charge < -0.3 is 0 Å². The molecule has 2 nitrogen and oxygen atoms in total. The molecule has 0 unspecified atom stereocenters. The fraction of sp³-hybridized carbons (Fsp3) is 0.250. The van der Waals surface area contributed by atoms with Gasteiger partial charge in [0.2, 0.25) is 0 Å². The quantitative estimate of drug-likeness (QED) is 0.795. The van der Waals surface area contributed by atoms with Crippen molar-refractivity contribution in [3.05, 3.63) is 9.48 Å². The van der Waals surface area contributed by atoms with E-state index >= 15 is 0 Å². The molecule has 0 spiro atoms. The maximum absolute atomic E-state index is 4.14. The monoisotopic (exact) mass is 270 g/mol. The van der Waals surface area contributed by atoms with Gasteiger partial charge in [0.1, 0.15) is 0 Å². The topological polar surface area (TPSA) is 24.9 Å². The minimum absolute atomic E-state index is 0.874. The smallest absolute Gasteiger partial charge is 0.194 e. The number of nitrogens with zero attached hydrogens (tertiary/aromatic N) is 1. The zero-order chi connectivity index (χ0) is 6.85. The van der Waals surface area contributed by atoms with Crippen LogP contribution in [0.5, 0.6) is 0 Å². The molecule has 5 heteroatoms. The molecule has 0 fully saturated rings. The molecule has 0 amide bonds. The fourth-order valence-electron chi connectivity index (χ4n) is 0.418. The SMILES string of the molecule is Cc1nc(NBr)sc1Br. The van der Waals surface area contributed by atoms with Crippen LogP contribution < -0.4 is 4.34 Å². The van der Waals surface area contributed by atoms with Crippen LogP contribution in [-0.2, 0) is 0 Å². The van der Waals surface area contributed by atoms with Crippen LogP contribution in [0.15, 0.2) is 3.79 Å². The Morgan fingerprint density at radius 2 is 2.33 bits per heavy atom. The van der Waals surface area contributed by atoms with Gasteiger partial charge in [0.25, 0.3) is 0 Å². The van der Waals surface area contributed by atoms with Gasteiger partial charge >= 0.3 is 0 Å². The van der Waals surface area contributed by atoms with Crippen molar-refractivity contribution in [3.63, 3.8) is 0 Å². The van der Waals surface area contributed by atoms with E-state index in [1.165, 1.54) is 0 Å². The van der Waals surface area contributed by atoms with Crippen molar-refractivity contribution in [2.24, 2.45) is 0 Å². The van der Waals surface area contributed by atoms with Gasteiger partial charge in [0.05, 0.1) is 9.48 Å². The average molecular weight is 272 g/mol. The number of thiazole rings is 1. The van der Waals surface area contributed by atoms with E-state index in [0.29, 0.717) is 0 Å². The minimum atomic E-state index is 0.874. The minimum Gasteiger partial charge on any atom is -0.298 e. The van der Waals surface area contributed by atoms with Gasteiger partial charge in [-0.1, -0.05) is 11.3 Å². The summed E-state index contributed by atoms with van der Waals surface area (Å²) in [5, 5.41) is 0.874. The van der Waals surface area contributed by atoms with Crippen LogP contribution in [0.25, 0.3) is 0 Å². The Kier molecular flexibility index (Phi) is 2.49. The highest BCUT2D eigenvalue weighted by molar-refractivity contribution is 9.11. The Labute approximate surface area is 74.2 Å². The molecule has 1 rings (SSSR count). The van der Waals surface area contributed by atoms with Crippen molar-refractivity contribution in [3.8, 4) is 0 Å². The summed E-state index contributed by atoms with van der Waals surface area (Å²) in [6.07, 6.45) is 0. The summed E-state index contributed by atoms with van der Waals surface area (Å²) in [6, 6.07) is 0. The first-order chi connectivity index (χ1) is 4.24. The summed E-state index contributed by atoms with van der Waals surface area (Å²) < 4.78 is 3.85. The predicted octanol–water partition coefficient (Wildman–Crippen LogP) is 2.94. The van der Waals surface area contributed by atoms with Crippen LogP contribution in [0.3, 0.4) is 0 Å². The number of rotatable bonds is 1. The molecule has 1 aromatic heterocycles. The summed E-state index contributed by atoms with van der Waals surface area (Å²) in [7, 11) is 0. The molecule has 50 valence electrons. The molecule has 0 saturated carbocycles. The third kappa shape index (κ3) is 1.65. The largest absolute Gasteiger partial charge is 0.298 e. The lowest BCUT2D eigenvalue weighted by molar-refractivity contribution is 1.26. The number of nitrogens with one attached hydrogen (secondary N) is 1. The molecule has 0 aliphatic carbocycles. The van der Waals surface area contributed by atoms with Gasteiger partial charge in [0.15, 0.2) is 5.13 Å². The van der Waals surface area contributed by atoms with Crippen LogP contribution in [0, 0.1) is 6.92 Å². The van der Waals surface area contributed by atoms with Crippen molar-refractivity contribution >= 4 is 48.5 Å². The number of hydrogen-bond acceptors (Lipinski definition) is 3. The van der Waals surface area contributed by atoms with Crippen LogP contribution >= 0.6 is 43.4 Å². The average Bonchev–Trinajstić information content (AvgIpc) is 2.13. The molecule has 0 atom stereocenters. The Bertz CT molecular complexity index is 191. The fourth-order valence-corrected chi connectivity index (χ4v) is 1.88. The molecule has 0 aromatic carbocycles. The number of halogens is 2. The molecular weight excluding hydrogens is 268 g/mol. The normalized spacial score (nSPS) is 9.67. The summed E-state index contributed by atoms with van der Waals surface area (Å²) in [6.45, 7) is 1.95. The van der Waals surface area contributed by atoms with Crippen molar-refractivity contribution in [1.82, 2.24) is 4.98 Å². The first kappa shape index (κ1) is 7.50.